The predicted octanol–water partition coefficient (Wildman–Crippen LogP) is 3.50. The molecule has 1 aliphatic heterocycles. The Morgan fingerprint density at radius 1 is 1.47 bits per heavy atom. The second kappa shape index (κ2) is 5.81. The van der Waals surface area contributed by atoms with Gasteiger partial charge in [-0.3, -0.25) is 4.79 Å². The summed E-state index contributed by atoms with van der Waals surface area (Å²) < 4.78 is 0.834. The van der Waals surface area contributed by atoms with E-state index in [9.17, 15) is 4.79 Å². The van der Waals surface area contributed by atoms with E-state index < -0.39 is 0 Å². The molecule has 3 nitrogen and oxygen atoms in total. The molecule has 5 heteroatoms. The number of carbonyl (C=O) groups excluding carboxylic acids is 1. The van der Waals surface area contributed by atoms with Crippen molar-refractivity contribution in [1.82, 2.24) is 4.90 Å². The standard InChI is InChI=1S/C14H18BrClN2O/c1-8(2)18-13(19)6-5-12(17)14(18)9-3-4-11(16)10(15)7-9/h3-4,7-8,12,14H,5-6,17H2,1-2H3. The van der Waals surface area contributed by atoms with Crippen LogP contribution in [0.2, 0.25) is 5.02 Å². The number of carbonyl (C=O) groups is 1. The van der Waals surface area contributed by atoms with Crippen LogP contribution in [0.4, 0.5) is 0 Å². The van der Waals surface area contributed by atoms with E-state index in [0.29, 0.717) is 11.4 Å². The van der Waals surface area contributed by atoms with Gasteiger partial charge in [-0.25, -0.2) is 0 Å². The van der Waals surface area contributed by atoms with Crippen LogP contribution in [0.1, 0.15) is 38.3 Å². The zero-order chi connectivity index (χ0) is 14.2. The molecule has 1 fully saturated rings. The van der Waals surface area contributed by atoms with Gasteiger partial charge < -0.3 is 10.6 Å². The number of hydrogen-bond donors (Lipinski definition) is 1. The van der Waals surface area contributed by atoms with Gasteiger partial charge in [0.15, 0.2) is 0 Å². The third kappa shape index (κ3) is 2.96. The van der Waals surface area contributed by atoms with Crippen molar-refractivity contribution in [3.63, 3.8) is 0 Å². The highest BCUT2D eigenvalue weighted by Crippen LogP contribution is 2.35. The van der Waals surface area contributed by atoms with Gasteiger partial charge in [-0.15, -0.1) is 0 Å². The minimum atomic E-state index is -0.0742. The van der Waals surface area contributed by atoms with E-state index in [1.165, 1.54) is 0 Å². The van der Waals surface area contributed by atoms with Gasteiger partial charge in [0.2, 0.25) is 5.91 Å². The van der Waals surface area contributed by atoms with Gasteiger partial charge in [0.25, 0.3) is 0 Å². The van der Waals surface area contributed by atoms with Crippen LogP contribution in [0.3, 0.4) is 0 Å². The summed E-state index contributed by atoms with van der Waals surface area (Å²) in [5, 5.41) is 0.663. The fourth-order valence-corrected chi connectivity index (χ4v) is 3.17. The Morgan fingerprint density at radius 3 is 2.74 bits per heavy atom. The van der Waals surface area contributed by atoms with Gasteiger partial charge in [-0.2, -0.15) is 0 Å². The maximum Gasteiger partial charge on any atom is 0.223 e. The smallest absolute Gasteiger partial charge is 0.223 e. The van der Waals surface area contributed by atoms with E-state index in [2.05, 4.69) is 15.9 Å². The van der Waals surface area contributed by atoms with Crippen molar-refractivity contribution in [2.45, 2.75) is 44.8 Å². The molecule has 2 rings (SSSR count). The van der Waals surface area contributed by atoms with Gasteiger partial charge >= 0.3 is 0 Å². The molecule has 0 bridgehead atoms. The zero-order valence-electron chi connectivity index (χ0n) is 11.1. The highest BCUT2D eigenvalue weighted by Gasteiger charge is 2.36. The Kier molecular flexibility index (Phi) is 4.54. The lowest BCUT2D eigenvalue weighted by molar-refractivity contribution is -0.139. The average Bonchev–Trinajstić information content (AvgIpc) is 2.35. The maximum atomic E-state index is 12.1. The van der Waals surface area contributed by atoms with Crippen molar-refractivity contribution in [3.05, 3.63) is 33.3 Å². The molecule has 2 atom stereocenters. The van der Waals surface area contributed by atoms with Crippen LogP contribution in [0.25, 0.3) is 0 Å². The topological polar surface area (TPSA) is 46.3 Å². The van der Waals surface area contributed by atoms with E-state index in [1.807, 2.05) is 36.9 Å². The maximum absolute atomic E-state index is 12.1. The zero-order valence-corrected chi connectivity index (χ0v) is 13.4. The van der Waals surface area contributed by atoms with Crippen LogP contribution in [0.15, 0.2) is 22.7 Å². The first-order valence-corrected chi connectivity index (χ1v) is 7.60. The monoisotopic (exact) mass is 344 g/mol. The number of likely N-dealkylation sites (tertiary alicyclic amines) is 1. The minimum Gasteiger partial charge on any atom is -0.332 e. The second-order valence-corrected chi connectivity index (χ2v) is 6.48. The molecule has 104 valence electrons. The summed E-state index contributed by atoms with van der Waals surface area (Å²) in [5.74, 6) is 0.174. The highest BCUT2D eigenvalue weighted by atomic mass is 79.9. The Balaban J connectivity index is 2.42. The number of amides is 1. The number of nitrogens with two attached hydrogens (primary N) is 1. The largest absolute Gasteiger partial charge is 0.332 e. The molecule has 0 saturated carbocycles. The molecule has 1 saturated heterocycles. The molecule has 0 aromatic heterocycles. The number of halogens is 2. The number of hydrogen-bond acceptors (Lipinski definition) is 2. The van der Waals surface area contributed by atoms with Crippen molar-refractivity contribution in [2.24, 2.45) is 5.73 Å². The minimum absolute atomic E-state index is 0.0341. The second-order valence-electron chi connectivity index (χ2n) is 5.22. The van der Waals surface area contributed by atoms with Crippen molar-refractivity contribution in [2.75, 3.05) is 0 Å². The van der Waals surface area contributed by atoms with E-state index in [0.717, 1.165) is 16.5 Å². The molecule has 1 aromatic rings. The number of piperidine rings is 1. The quantitative estimate of drug-likeness (QED) is 0.891. The Bertz CT molecular complexity index is 492. The third-order valence-corrected chi connectivity index (χ3v) is 4.74. The first-order chi connectivity index (χ1) is 8.91. The van der Waals surface area contributed by atoms with E-state index in [1.54, 1.807) is 0 Å². The Hall–Kier alpha value is -0.580. The molecular weight excluding hydrogens is 328 g/mol. The number of rotatable bonds is 2. The first-order valence-electron chi connectivity index (χ1n) is 6.43. The van der Waals surface area contributed by atoms with Crippen molar-refractivity contribution in [3.8, 4) is 0 Å². The van der Waals surface area contributed by atoms with Gasteiger partial charge in [0, 0.05) is 23.0 Å². The normalized spacial score (nSPS) is 24.1. The van der Waals surface area contributed by atoms with E-state index in [-0.39, 0.29) is 24.0 Å². The summed E-state index contributed by atoms with van der Waals surface area (Å²) in [6, 6.07) is 5.78. The van der Waals surface area contributed by atoms with Crippen LogP contribution in [-0.2, 0) is 4.79 Å². The molecular formula is C14H18BrClN2O. The molecule has 1 amide bonds. The molecule has 0 spiro atoms. The molecule has 1 aliphatic rings. The lowest BCUT2D eigenvalue weighted by Crippen LogP contribution is -2.51. The number of benzene rings is 1. The molecule has 19 heavy (non-hydrogen) atoms. The summed E-state index contributed by atoms with van der Waals surface area (Å²) in [6.45, 7) is 4.04. The molecule has 1 aromatic carbocycles. The van der Waals surface area contributed by atoms with E-state index >= 15 is 0 Å². The first kappa shape index (κ1) is 14.8. The van der Waals surface area contributed by atoms with Crippen LogP contribution in [-0.4, -0.2) is 22.9 Å². The van der Waals surface area contributed by atoms with Gasteiger partial charge in [-0.1, -0.05) is 17.7 Å². The van der Waals surface area contributed by atoms with Gasteiger partial charge in [0.05, 0.1) is 11.1 Å². The molecule has 0 radical (unpaired) electrons. The fraction of sp³-hybridized carbons (Fsp3) is 0.500. The van der Waals surface area contributed by atoms with Crippen LogP contribution < -0.4 is 5.73 Å². The lowest BCUT2D eigenvalue weighted by Gasteiger charge is -2.42. The van der Waals surface area contributed by atoms with Crippen LogP contribution >= 0.6 is 27.5 Å². The van der Waals surface area contributed by atoms with Crippen LogP contribution in [0.5, 0.6) is 0 Å². The SMILES string of the molecule is CC(C)N1C(=O)CCC(N)C1c1ccc(Cl)c(Br)c1. The molecule has 0 aliphatic carbocycles. The Morgan fingerprint density at radius 2 is 2.16 bits per heavy atom. The summed E-state index contributed by atoms with van der Waals surface area (Å²) in [7, 11) is 0. The summed E-state index contributed by atoms with van der Waals surface area (Å²) >= 11 is 9.45. The molecule has 2 N–H and O–H groups in total. The highest BCUT2D eigenvalue weighted by molar-refractivity contribution is 9.10. The Labute approximate surface area is 127 Å². The van der Waals surface area contributed by atoms with Gasteiger partial charge in [0.1, 0.15) is 0 Å². The molecule has 2 unspecified atom stereocenters. The third-order valence-electron chi connectivity index (χ3n) is 3.53. The van der Waals surface area contributed by atoms with Crippen LogP contribution in [0, 0.1) is 0 Å². The predicted molar refractivity (Wildman–Crippen MR) is 81.1 cm³/mol. The van der Waals surface area contributed by atoms with Crippen molar-refractivity contribution in [1.29, 1.82) is 0 Å². The summed E-state index contributed by atoms with van der Waals surface area (Å²) in [5.41, 5.74) is 7.28. The summed E-state index contributed by atoms with van der Waals surface area (Å²) in [6.07, 6.45) is 1.26. The fourth-order valence-electron chi connectivity index (χ4n) is 2.65. The van der Waals surface area contributed by atoms with Gasteiger partial charge in [-0.05, 0) is 53.9 Å². The van der Waals surface area contributed by atoms with Crippen molar-refractivity contribution >= 4 is 33.4 Å². The lowest BCUT2D eigenvalue weighted by atomic mass is 9.89. The summed E-state index contributed by atoms with van der Waals surface area (Å²) in [4.78, 5) is 14.0. The van der Waals surface area contributed by atoms with Crippen molar-refractivity contribution < 1.29 is 4.79 Å². The number of nitrogens with zero attached hydrogens (tertiary/aromatic N) is 1. The average molecular weight is 346 g/mol. The van der Waals surface area contributed by atoms with E-state index in [4.69, 9.17) is 17.3 Å². The molecule has 1 heterocycles.